The van der Waals surface area contributed by atoms with Crippen molar-refractivity contribution in [1.82, 2.24) is 24.4 Å². The molecule has 0 saturated carbocycles. The van der Waals surface area contributed by atoms with Crippen LogP contribution in [0.25, 0.3) is 22.3 Å². The molecule has 9 nitrogen and oxygen atoms in total. The zero-order valence-electron chi connectivity index (χ0n) is 22.6. The molecule has 0 amide bonds. The van der Waals surface area contributed by atoms with Gasteiger partial charge in [0, 0.05) is 24.4 Å². The van der Waals surface area contributed by atoms with Crippen LogP contribution in [0.1, 0.15) is 37.9 Å². The second-order valence-electron chi connectivity index (χ2n) is 10.2. The number of ether oxygens (including phenoxy) is 1. The van der Waals surface area contributed by atoms with Crippen molar-refractivity contribution in [2.45, 2.75) is 26.8 Å². The van der Waals surface area contributed by atoms with E-state index in [1.54, 1.807) is 16.9 Å². The summed E-state index contributed by atoms with van der Waals surface area (Å²) in [5.41, 5.74) is 3.83. The topological polar surface area (TPSA) is 108 Å². The van der Waals surface area contributed by atoms with Crippen LogP contribution in [0.4, 0.5) is 10.2 Å². The molecule has 0 spiro atoms. The summed E-state index contributed by atoms with van der Waals surface area (Å²) in [5.74, 6) is 0.920. The first-order valence-electron chi connectivity index (χ1n) is 12.6. The summed E-state index contributed by atoms with van der Waals surface area (Å²) in [5, 5.41) is 27.3. The van der Waals surface area contributed by atoms with Crippen molar-refractivity contribution in [3.8, 4) is 34.7 Å². The number of nitriles is 2. The molecular formula is C30H27FN8O. The maximum atomic E-state index is 13.3. The summed E-state index contributed by atoms with van der Waals surface area (Å²) >= 11 is 0. The lowest BCUT2D eigenvalue weighted by Gasteiger charge is -2.26. The number of halogens is 1. The molecule has 0 saturated heterocycles. The van der Waals surface area contributed by atoms with Gasteiger partial charge in [-0.25, -0.2) is 18.6 Å². The molecule has 0 bridgehead atoms. The monoisotopic (exact) mass is 534 g/mol. The first-order valence-corrected chi connectivity index (χ1v) is 12.6. The molecule has 200 valence electrons. The lowest BCUT2D eigenvalue weighted by atomic mass is 9.98. The van der Waals surface area contributed by atoms with Crippen molar-refractivity contribution in [1.29, 1.82) is 10.5 Å². The molecule has 1 aromatic carbocycles. The number of hydrogen-bond donors (Lipinski definition) is 0. The number of rotatable bonds is 8. The summed E-state index contributed by atoms with van der Waals surface area (Å²) in [6.07, 6.45) is 7.51. The Morgan fingerprint density at radius 2 is 1.82 bits per heavy atom. The van der Waals surface area contributed by atoms with E-state index in [9.17, 15) is 14.9 Å². The van der Waals surface area contributed by atoms with Gasteiger partial charge in [-0.05, 0) is 56.7 Å². The van der Waals surface area contributed by atoms with E-state index in [4.69, 9.17) is 9.72 Å². The normalized spacial score (nSPS) is 12.1. The number of fused-ring (bicyclic) bond motifs is 1. The van der Waals surface area contributed by atoms with Gasteiger partial charge >= 0.3 is 0 Å². The molecular weight excluding hydrogens is 507 g/mol. The largest absolute Gasteiger partial charge is 0.490 e. The molecule has 0 aliphatic rings. The average molecular weight is 535 g/mol. The Labute approximate surface area is 231 Å². The molecule has 0 radical (unpaired) electrons. The number of aromatic nitrogens is 5. The van der Waals surface area contributed by atoms with Crippen LogP contribution >= 0.6 is 0 Å². The minimum atomic E-state index is -0.654. The van der Waals surface area contributed by atoms with Gasteiger partial charge in [-0.1, -0.05) is 12.1 Å². The fourth-order valence-electron chi connectivity index (χ4n) is 4.30. The van der Waals surface area contributed by atoms with Crippen LogP contribution in [0.3, 0.4) is 0 Å². The molecule has 5 aromatic rings. The summed E-state index contributed by atoms with van der Waals surface area (Å²) in [7, 11) is 1.97. The Morgan fingerprint density at radius 3 is 2.45 bits per heavy atom. The zero-order chi connectivity index (χ0) is 28.4. The van der Waals surface area contributed by atoms with E-state index < -0.39 is 5.41 Å². The SMILES string of the molecule is C[C@@H](c1ccc(-n2cc(F)cn2)cc1)N(C)c1ccc(-c2cc(OCC(C)(C)C#N)cn3ncc(C#N)c23)cn1. The van der Waals surface area contributed by atoms with Crippen LogP contribution in [-0.2, 0) is 0 Å². The van der Waals surface area contributed by atoms with Crippen LogP contribution in [0, 0.1) is 33.9 Å². The van der Waals surface area contributed by atoms with Crippen LogP contribution in [-0.4, -0.2) is 38.0 Å². The van der Waals surface area contributed by atoms with Crippen molar-refractivity contribution < 1.29 is 9.13 Å². The standard InChI is InChI=1S/C30H27FN8O/c1-20(21-5-8-25(9-6-21)38-16-24(31)15-36-38)37(4)28-10-7-22(13-34-28)27-11-26(40-19-30(2,3)18-33)17-39-29(27)23(12-32)14-35-39/h5-11,13-17,20H,19H2,1-4H3/t20-/m0/s1. The minimum Gasteiger partial charge on any atom is -0.490 e. The average Bonchev–Trinajstić information content (AvgIpc) is 3.61. The van der Waals surface area contributed by atoms with Crippen molar-refractivity contribution in [3.63, 3.8) is 0 Å². The molecule has 40 heavy (non-hydrogen) atoms. The van der Waals surface area contributed by atoms with Crippen molar-refractivity contribution in [2.24, 2.45) is 5.41 Å². The molecule has 5 rings (SSSR count). The first-order chi connectivity index (χ1) is 19.2. The Bertz CT molecular complexity index is 1740. The zero-order valence-corrected chi connectivity index (χ0v) is 22.6. The van der Waals surface area contributed by atoms with Crippen LogP contribution in [0.5, 0.6) is 5.75 Å². The Morgan fingerprint density at radius 1 is 1.05 bits per heavy atom. The van der Waals surface area contributed by atoms with Crippen LogP contribution < -0.4 is 9.64 Å². The molecule has 4 heterocycles. The van der Waals surface area contributed by atoms with Gasteiger partial charge in [0.05, 0.1) is 59.1 Å². The van der Waals surface area contributed by atoms with Crippen molar-refractivity contribution >= 4 is 11.3 Å². The number of pyridine rings is 2. The summed E-state index contributed by atoms with van der Waals surface area (Å²) in [6, 6.07) is 18.0. The van der Waals surface area contributed by atoms with Gasteiger partial charge in [-0.15, -0.1) is 0 Å². The predicted molar refractivity (Wildman–Crippen MR) is 148 cm³/mol. The summed E-state index contributed by atoms with van der Waals surface area (Å²) in [6.45, 7) is 5.91. The molecule has 0 aliphatic heterocycles. The third-order valence-corrected chi connectivity index (χ3v) is 6.80. The fourth-order valence-corrected chi connectivity index (χ4v) is 4.30. The second kappa shape index (κ2) is 10.5. The molecule has 10 heteroatoms. The number of benzene rings is 1. The van der Waals surface area contributed by atoms with E-state index in [1.807, 2.05) is 63.4 Å². The molecule has 0 N–H and O–H groups in total. The van der Waals surface area contributed by atoms with Gasteiger partial charge < -0.3 is 9.64 Å². The highest BCUT2D eigenvalue weighted by Gasteiger charge is 2.20. The highest BCUT2D eigenvalue weighted by Crippen LogP contribution is 2.33. The van der Waals surface area contributed by atoms with Gasteiger partial charge in [-0.2, -0.15) is 20.7 Å². The van der Waals surface area contributed by atoms with Gasteiger partial charge in [-0.3, -0.25) is 0 Å². The van der Waals surface area contributed by atoms with E-state index in [-0.39, 0.29) is 18.5 Å². The highest BCUT2D eigenvalue weighted by molar-refractivity contribution is 5.85. The molecule has 0 unspecified atom stereocenters. The molecule has 1 atom stereocenters. The Balaban J connectivity index is 1.40. The third kappa shape index (κ3) is 5.20. The molecule has 4 aromatic heterocycles. The fraction of sp³-hybridized carbons (Fsp3) is 0.233. The van der Waals surface area contributed by atoms with E-state index in [1.165, 1.54) is 23.3 Å². The lowest BCUT2D eigenvalue weighted by Crippen LogP contribution is -2.22. The van der Waals surface area contributed by atoms with Gasteiger partial charge in [0.15, 0.2) is 5.82 Å². The van der Waals surface area contributed by atoms with E-state index in [0.717, 1.165) is 28.2 Å². The quantitative estimate of drug-likeness (QED) is 0.251. The Kier molecular flexibility index (Phi) is 6.93. The van der Waals surface area contributed by atoms with Crippen LogP contribution in [0.2, 0.25) is 0 Å². The van der Waals surface area contributed by atoms with Crippen molar-refractivity contribution in [3.05, 3.63) is 90.4 Å². The van der Waals surface area contributed by atoms with E-state index in [0.29, 0.717) is 16.8 Å². The number of anilines is 1. The van der Waals surface area contributed by atoms with Crippen molar-refractivity contribution in [2.75, 3.05) is 18.6 Å². The predicted octanol–water partition coefficient (Wildman–Crippen LogP) is 5.72. The number of nitrogens with zero attached hydrogens (tertiary/aromatic N) is 8. The summed E-state index contributed by atoms with van der Waals surface area (Å²) < 4.78 is 22.4. The smallest absolute Gasteiger partial charge is 0.161 e. The third-order valence-electron chi connectivity index (χ3n) is 6.80. The van der Waals surface area contributed by atoms with Gasteiger partial charge in [0.1, 0.15) is 24.2 Å². The molecule has 0 fully saturated rings. The second-order valence-corrected chi connectivity index (χ2v) is 10.2. The van der Waals surface area contributed by atoms with Crippen LogP contribution in [0.15, 0.2) is 73.4 Å². The number of hydrogen-bond acceptors (Lipinski definition) is 7. The van der Waals surface area contributed by atoms with Gasteiger partial charge in [0.2, 0.25) is 0 Å². The Hall–Kier alpha value is -5.22. The maximum Gasteiger partial charge on any atom is 0.161 e. The molecule has 0 aliphatic carbocycles. The highest BCUT2D eigenvalue weighted by atomic mass is 19.1. The maximum absolute atomic E-state index is 13.3. The lowest BCUT2D eigenvalue weighted by molar-refractivity contribution is 0.226. The van der Waals surface area contributed by atoms with Gasteiger partial charge in [0.25, 0.3) is 0 Å². The minimum absolute atomic E-state index is 0.00806. The van der Waals surface area contributed by atoms with E-state index >= 15 is 0 Å². The summed E-state index contributed by atoms with van der Waals surface area (Å²) in [4.78, 5) is 6.78. The first kappa shape index (κ1) is 26.4. The van der Waals surface area contributed by atoms with E-state index in [2.05, 4.69) is 34.2 Å².